The summed E-state index contributed by atoms with van der Waals surface area (Å²) in [4.78, 5) is 38.2. The zero-order chi connectivity index (χ0) is 20.6. The molecule has 1 fully saturated rings. The Morgan fingerprint density at radius 3 is 1.90 bits per heavy atom. The molecule has 1 heterocycles. The van der Waals surface area contributed by atoms with Crippen molar-refractivity contribution >= 4 is 34.8 Å². The van der Waals surface area contributed by atoms with E-state index in [0.717, 1.165) is 18.8 Å². The summed E-state index contributed by atoms with van der Waals surface area (Å²) in [5, 5.41) is 5.38. The summed E-state index contributed by atoms with van der Waals surface area (Å²) >= 11 is 0. The Morgan fingerprint density at radius 1 is 0.862 bits per heavy atom. The van der Waals surface area contributed by atoms with Gasteiger partial charge >= 0.3 is 5.97 Å². The maximum absolute atomic E-state index is 12.1. The molecule has 0 radical (unpaired) electrons. The van der Waals surface area contributed by atoms with Crippen molar-refractivity contribution in [3.63, 3.8) is 0 Å². The molecule has 0 saturated carbocycles. The minimum atomic E-state index is -0.430. The van der Waals surface area contributed by atoms with Gasteiger partial charge in [-0.3, -0.25) is 9.59 Å². The van der Waals surface area contributed by atoms with Crippen LogP contribution < -0.4 is 15.5 Å². The van der Waals surface area contributed by atoms with Gasteiger partial charge in [0.25, 0.3) is 0 Å². The lowest BCUT2D eigenvalue weighted by molar-refractivity contribution is -0.123. The van der Waals surface area contributed by atoms with Crippen molar-refractivity contribution in [2.75, 3.05) is 35.2 Å². The zero-order valence-electron chi connectivity index (χ0n) is 16.4. The third-order valence-electron chi connectivity index (χ3n) is 4.62. The average Bonchev–Trinajstić information content (AvgIpc) is 3.24. The molecule has 1 aliphatic heterocycles. The summed E-state index contributed by atoms with van der Waals surface area (Å²) in [6.45, 7) is 4.16. The minimum absolute atomic E-state index is 0.298. The van der Waals surface area contributed by atoms with Crippen LogP contribution in [0, 0.1) is 0 Å². The van der Waals surface area contributed by atoms with Crippen LogP contribution in [0.1, 0.15) is 36.5 Å². The predicted molar refractivity (Wildman–Crippen MR) is 112 cm³/mol. The molecular weight excluding hydrogens is 370 g/mol. The van der Waals surface area contributed by atoms with Gasteiger partial charge in [-0.05, 0) is 68.3 Å². The molecule has 2 amide bonds. The van der Waals surface area contributed by atoms with Gasteiger partial charge in [-0.25, -0.2) is 4.79 Å². The molecule has 0 aromatic heterocycles. The highest BCUT2D eigenvalue weighted by molar-refractivity contribution is 6.08. The number of nitrogens with zero attached hydrogens (tertiary/aromatic N) is 1. The molecular formula is C22H25N3O4. The van der Waals surface area contributed by atoms with Gasteiger partial charge in [-0.1, -0.05) is 0 Å². The first-order chi connectivity index (χ1) is 14.0. The summed E-state index contributed by atoms with van der Waals surface area (Å²) < 4.78 is 4.91. The number of anilines is 3. The second kappa shape index (κ2) is 9.73. The van der Waals surface area contributed by atoms with Gasteiger partial charge < -0.3 is 20.3 Å². The van der Waals surface area contributed by atoms with Crippen LogP contribution in [-0.4, -0.2) is 37.5 Å². The molecule has 0 bridgehead atoms. The first-order valence-electron chi connectivity index (χ1n) is 9.77. The fourth-order valence-electron chi connectivity index (χ4n) is 3.19. The van der Waals surface area contributed by atoms with E-state index in [0.29, 0.717) is 23.5 Å². The van der Waals surface area contributed by atoms with Crippen molar-refractivity contribution in [2.45, 2.75) is 26.2 Å². The van der Waals surface area contributed by atoms with Crippen molar-refractivity contribution in [3.05, 3.63) is 54.1 Å². The van der Waals surface area contributed by atoms with Crippen molar-refractivity contribution in [2.24, 2.45) is 0 Å². The summed E-state index contributed by atoms with van der Waals surface area (Å²) in [5.74, 6) is -1.24. The number of rotatable bonds is 7. The predicted octanol–water partition coefficient (Wildman–Crippen LogP) is 3.43. The number of amides is 2. The summed E-state index contributed by atoms with van der Waals surface area (Å²) in [5.41, 5.74) is 2.71. The molecule has 0 atom stereocenters. The van der Waals surface area contributed by atoms with Crippen LogP contribution in [0.3, 0.4) is 0 Å². The third kappa shape index (κ3) is 5.81. The molecule has 152 valence electrons. The van der Waals surface area contributed by atoms with E-state index < -0.39 is 11.9 Å². The second-order valence-electron chi connectivity index (χ2n) is 6.81. The summed E-state index contributed by atoms with van der Waals surface area (Å²) in [6, 6.07) is 14.0. The standard InChI is InChI=1S/C22H25N3O4/c1-2-29-22(28)16-5-7-17(8-6-16)23-20(26)15-21(27)24-18-9-11-19(12-10-18)25-13-3-4-14-25/h5-12H,2-4,13-15H2,1H3,(H,23,26)(H,24,27). The molecule has 2 aromatic rings. The lowest BCUT2D eigenvalue weighted by atomic mass is 10.2. The number of hydrogen-bond acceptors (Lipinski definition) is 5. The molecule has 7 nitrogen and oxygen atoms in total. The van der Waals surface area contributed by atoms with Gasteiger partial charge in [0.2, 0.25) is 11.8 Å². The highest BCUT2D eigenvalue weighted by Gasteiger charge is 2.13. The van der Waals surface area contributed by atoms with E-state index in [1.165, 1.54) is 12.8 Å². The molecule has 29 heavy (non-hydrogen) atoms. The van der Waals surface area contributed by atoms with Crippen LogP contribution in [0.2, 0.25) is 0 Å². The van der Waals surface area contributed by atoms with E-state index in [1.54, 1.807) is 31.2 Å². The maximum atomic E-state index is 12.1. The topological polar surface area (TPSA) is 87.7 Å². The smallest absolute Gasteiger partial charge is 0.338 e. The molecule has 0 spiro atoms. The van der Waals surface area contributed by atoms with E-state index in [1.807, 2.05) is 24.3 Å². The Bertz CT molecular complexity index is 857. The highest BCUT2D eigenvalue weighted by atomic mass is 16.5. The number of carbonyl (C=O) groups excluding carboxylic acids is 3. The van der Waals surface area contributed by atoms with Gasteiger partial charge in [0.05, 0.1) is 12.2 Å². The van der Waals surface area contributed by atoms with Gasteiger partial charge in [0, 0.05) is 30.2 Å². The van der Waals surface area contributed by atoms with Gasteiger partial charge in [0.1, 0.15) is 6.42 Å². The minimum Gasteiger partial charge on any atom is -0.462 e. The first-order valence-corrected chi connectivity index (χ1v) is 9.77. The number of carbonyl (C=O) groups is 3. The van der Waals surface area contributed by atoms with E-state index >= 15 is 0 Å². The zero-order valence-corrected chi connectivity index (χ0v) is 16.4. The lowest BCUT2D eigenvalue weighted by Crippen LogP contribution is -2.21. The van der Waals surface area contributed by atoms with Crippen molar-refractivity contribution in [1.29, 1.82) is 0 Å². The number of hydrogen-bond donors (Lipinski definition) is 2. The number of esters is 1. The molecule has 2 aromatic carbocycles. The van der Waals surface area contributed by atoms with E-state index in [9.17, 15) is 14.4 Å². The lowest BCUT2D eigenvalue weighted by Gasteiger charge is -2.17. The summed E-state index contributed by atoms with van der Waals surface area (Å²) in [6.07, 6.45) is 2.12. The second-order valence-corrected chi connectivity index (χ2v) is 6.81. The van der Waals surface area contributed by atoms with Crippen LogP contribution in [0.4, 0.5) is 17.1 Å². The highest BCUT2D eigenvalue weighted by Crippen LogP contribution is 2.22. The SMILES string of the molecule is CCOC(=O)c1ccc(NC(=O)CC(=O)Nc2ccc(N3CCCC3)cc2)cc1. The van der Waals surface area contributed by atoms with Crippen LogP contribution >= 0.6 is 0 Å². The maximum Gasteiger partial charge on any atom is 0.338 e. The van der Waals surface area contributed by atoms with Gasteiger partial charge in [-0.2, -0.15) is 0 Å². The Hall–Kier alpha value is -3.35. The van der Waals surface area contributed by atoms with Crippen molar-refractivity contribution in [1.82, 2.24) is 0 Å². The van der Waals surface area contributed by atoms with Crippen LogP contribution in [-0.2, 0) is 14.3 Å². The number of benzene rings is 2. The quantitative estimate of drug-likeness (QED) is 0.554. The largest absolute Gasteiger partial charge is 0.462 e. The van der Waals surface area contributed by atoms with Crippen molar-refractivity contribution in [3.8, 4) is 0 Å². The average molecular weight is 395 g/mol. The fraction of sp³-hybridized carbons (Fsp3) is 0.318. The molecule has 7 heteroatoms. The Morgan fingerprint density at radius 2 is 1.38 bits per heavy atom. The molecule has 3 rings (SSSR count). The molecule has 0 unspecified atom stereocenters. The fourth-order valence-corrected chi connectivity index (χ4v) is 3.19. The summed E-state index contributed by atoms with van der Waals surface area (Å²) in [7, 11) is 0. The van der Waals surface area contributed by atoms with Crippen LogP contribution in [0.15, 0.2) is 48.5 Å². The normalized spacial score (nSPS) is 13.1. The molecule has 2 N–H and O–H groups in total. The Labute approximate surface area is 170 Å². The van der Waals surface area contributed by atoms with E-state index in [-0.39, 0.29) is 12.3 Å². The Balaban J connectivity index is 1.47. The van der Waals surface area contributed by atoms with Gasteiger partial charge in [0.15, 0.2) is 0 Å². The van der Waals surface area contributed by atoms with E-state index in [2.05, 4.69) is 15.5 Å². The van der Waals surface area contributed by atoms with E-state index in [4.69, 9.17) is 4.74 Å². The van der Waals surface area contributed by atoms with Crippen molar-refractivity contribution < 1.29 is 19.1 Å². The monoisotopic (exact) mass is 395 g/mol. The van der Waals surface area contributed by atoms with Gasteiger partial charge in [-0.15, -0.1) is 0 Å². The molecule has 0 aliphatic carbocycles. The third-order valence-corrected chi connectivity index (χ3v) is 4.62. The van der Waals surface area contributed by atoms with Crippen LogP contribution in [0.5, 0.6) is 0 Å². The first kappa shape index (κ1) is 20.4. The number of nitrogens with one attached hydrogen (secondary N) is 2. The molecule has 1 aliphatic rings. The Kier molecular flexibility index (Phi) is 6.84. The molecule has 1 saturated heterocycles. The van der Waals surface area contributed by atoms with Crippen LogP contribution in [0.25, 0.3) is 0 Å². The number of ether oxygens (including phenoxy) is 1.